The fourth-order valence-electron chi connectivity index (χ4n) is 2.09. The minimum Gasteiger partial charge on any atom is -0.304 e. The van der Waals surface area contributed by atoms with Gasteiger partial charge in [-0.25, -0.2) is 4.52 Å². The number of hydrogen-bond donors (Lipinski definition) is 0. The van der Waals surface area contributed by atoms with Crippen LogP contribution in [0.15, 0.2) is 35.4 Å². The third-order valence-corrected chi connectivity index (χ3v) is 4.10. The molecule has 0 unspecified atom stereocenters. The highest BCUT2D eigenvalue weighted by molar-refractivity contribution is 7.14. The van der Waals surface area contributed by atoms with Crippen molar-refractivity contribution in [1.29, 1.82) is 0 Å². The number of thiophene rings is 1. The van der Waals surface area contributed by atoms with Crippen molar-refractivity contribution in [1.82, 2.24) is 14.2 Å². The van der Waals surface area contributed by atoms with E-state index < -0.39 is 0 Å². The largest absolute Gasteiger partial charge is 0.304 e. The summed E-state index contributed by atoms with van der Waals surface area (Å²) < 4.78 is 2.96. The smallest absolute Gasteiger partial charge is 0.276 e. The Hall–Kier alpha value is -2.21. The van der Waals surface area contributed by atoms with Crippen LogP contribution in [0.4, 0.5) is 0 Å². The number of nitrogens with zero attached hydrogens (tertiary/aromatic N) is 3. The van der Waals surface area contributed by atoms with Gasteiger partial charge in [0.25, 0.3) is 5.56 Å². The molecule has 0 aliphatic heterocycles. The number of aromatic nitrogens is 3. The molecule has 0 N–H and O–H groups in total. The van der Waals surface area contributed by atoms with Crippen LogP contribution in [0.5, 0.6) is 0 Å². The predicted octanol–water partition coefficient (Wildman–Crippen LogP) is 2.06. The summed E-state index contributed by atoms with van der Waals surface area (Å²) in [4.78, 5) is 26.2. The molecule has 0 aliphatic rings. The Labute approximate surface area is 119 Å². The molecule has 0 aromatic carbocycles. The minimum atomic E-state index is -0.199. The number of carbonyl (C=O) groups excluding carboxylic acids is 1. The molecule has 0 aliphatic carbocycles. The molecule has 20 heavy (non-hydrogen) atoms. The molecule has 3 aromatic heterocycles. The lowest BCUT2D eigenvalue weighted by atomic mass is 10.3. The second kappa shape index (κ2) is 4.72. The third-order valence-electron chi connectivity index (χ3n) is 3.05. The van der Waals surface area contributed by atoms with E-state index >= 15 is 0 Å². The molecule has 3 aromatic rings. The zero-order chi connectivity index (χ0) is 14.3. The van der Waals surface area contributed by atoms with Gasteiger partial charge in [-0.15, -0.1) is 11.3 Å². The zero-order valence-corrected chi connectivity index (χ0v) is 12.0. The van der Waals surface area contributed by atoms with Crippen LogP contribution < -0.4 is 5.56 Å². The van der Waals surface area contributed by atoms with Crippen LogP contribution in [-0.2, 0) is 6.54 Å². The summed E-state index contributed by atoms with van der Waals surface area (Å²) in [5, 5.41) is 4.18. The van der Waals surface area contributed by atoms with E-state index in [0.29, 0.717) is 10.4 Å². The maximum atomic E-state index is 12.3. The molecule has 3 heterocycles. The molecule has 0 saturated carbocycles. The standard InChI is InChI=1S/C14H13N3O2S/c1-9-7-11-14(19)16(5-6-17(11)15-9)8-12(18)13-4-3-10(2)20-13/h3-7H,8H2,1-2H3. The van der Waals surface area contributed by atoms with Gasteiger partial charge < -0.3 is 4.57 Å². The lowest BCUT2D eigenvalue weighted by Crippen LogP contribution is -2.24. The maximum absolute atomic E-state index is 12.3. The molecule has 5 nitrogen and oxygen atoms in total. The van der Waals surface area contributed by atoms with Crippen LogP contribution in [0.2, 0.25) is 0 Å². The van der Waals surface area contributed by atoms with Crippen LogP contribution in [0.3, 0.4) is 0 Å². The molecular formula is C14H13N3O2S. The van der Waals surface area contributed by atoms with Crippen molar-refractivity contribution in [3.05, 3.63) is 56.4 Å². The van der Waals surface area contributed by atoms with Crippen LogP contribution in [0.1, 0.15) is 20.2 Å². The van der Waals surface area contributed by atoms with Crippen molar-refractivity contribution >= 4 is 22.6 Å². The number of Topliss-reactive ketones (excluding diaryl/α,β-unsaturated/α-hetero) is 1. The first kappa shape index (κ1) is 12.8. The van der Waals surface area contributed by atoms with Gasteiger partial charge in [0, 0.05) is 17.3 Å². The average Bonchev–Trinajstić information content (AvgIpc) is 2.99. The van der Waals surface area contributed by atoms with Gasteiger partial charge in [-0.2, -0.15) is 5.10 Å². The van der Waals surface area contributed by atoms with Crippen molar-refractivity contribution in [2.45, 2.75) is 20.4 Å². The van der Waals surface area contributed by atoms with Crippen molar-refractivity contribution in [3.63, 3.8) is 0 Å². The third kappa shape index (κ3) is 2.18. The molecular weight excluding hydrogens is 274 g/mol. The van der Waals surface area contributed by atoms with E-state index in [9.17, 15) is 9.59 Å². The van der Waals surface area contributed by atoms with Gasteiger partial charge in [0.05, 0.1) is 17.1 Å². The van der Waals surface area contributed by atoms with Gasteiger partial charge in [-0.3, -0.25) is 9.59 Å². The summed E-state index contributed by atoms with van der Waals surface area (Å²) in [6.45, 7) is 3.84. The van der Waals surface area contributed by atoms with Gasteiger partial charge in [-0.1, -0.05) is 0 Å². The number of rotatable bonds is 3. The Balaban J connectivity index is 1.97. The van der Waals surface area contributed by atoms with Gasteiger partial charge in [0.1, 0.15) is 5.52 Å². The predicted molar refractivity (Wildman–Crippen MR) is 77.6 cm³/mol. The van der Waals surface area contributed by atoms with Gasteiger partial charge in [-0.05, 0) is 32.0 Å². The van der Waals surface area contributed by atoms with Crippen LogP contribution in [0.25, 0.3) is 5.52 Å². The van der Waals surface area contributed by atoms with Crippen molar-refractivity contribution < 1.29 is 4.79 Å². The summed E-state index contributed by atoms with van der Waals surface area (Å²) in [6.07, 6.45) is 3.29. The van der Waals surface area contributed by atoms with E-state index in [-0.39, 0.29) is 17.9 Å². The van der Waals surface area contributed by atoms with Gasteiger partial charge in [0.2, 0.25) is 0 Å². The molecule has 102 valence electrons. The Morgan fingerprint density at radius 3 is 2.80 bits per heavy atom. The van der Waals surface area contributed by atoms with Crippen LogP contribution in [-0.4, -0.2) is 20.0 Å². The Kier molecular flexibility index (Phi) is 3.02. The quantitative estimate of drug-likeness (QED) is 0.693. The monoisotopic (exact) mass is 287 g/mol. The average molecular weight is 287 g/mol. The summed E-state index contributed by atoms with van der Waals surface area (Å²) in [7, 11) is 0. The molecule has 0 saturated heterocycles. The fraction of sp³-hybridized carbons (Fsp3) is 0.214. The minimum absolute atomic E-state index is 0.0502. The zero-order valence-electron chi connectivity index (χ0n) is 11.2. The van der Waals surface area contributed by atoms with Gasteiger partial charge >= 0.3 is 0 Å². The first-order chi connectivity index (χ1) is 9.54. The van der Waals surface area contributed by atoms with E-state index in [1.807, 2.05) is 19.9 Å². The summed E-state index contributed by atoms with van der Waals surface area (Å²) in [5.41, 5.74) is 1.06. The van der Waals surface area contributed by atoms with Crippen molar-refractivity contribution in [2.75, 3.05) is 0 Å². The Bertz CT molecular complexity index is 857. The van der Waals surface area contributed by atoms with Crippen LogP contribution in [0, 0.1) is 13.8 Å². The highest BCUT2D eigenvalue weighted by Gasteiger charge is 2.12. The lowest BCUT2D eigenvalue weighted by molar-refractivity contribution is 0.0975. The molecule has 6 heteroatoms. The number of hydrogen-bond acceptors (Lipinski definition) is 4. The SMILES string of the molecule is Cc1cc2c(=O)n(CC(=O)c3ccc(C)s3)ccn2n1. The first-order valence-corrected chi connectivity index (χ1v) is 7.01. The number of carbonyl (C=O) groups is 1. The lowest BCUT2D eigenvalue weighted by Gasteiger charge is -2.04. The Morgan fingerprint density at radius 1 is 1.30 bits per heavy atom. The van der Waals surface area contributed by atoms with Crippen molar-refractivity contribution in [3.8, 4) is 0 Å². The van der Waals surface area contributed by atoms with Crippen molar-refractivity contribution in [2.24, 2.45) is 0 Å². The molecule has 0 amide bonds. The summed E-state index contributed by atoms with van der Waals surface area (Å²) in [5.74, 6) is -0.0502. The maximum Gasteiger partial charge on any atom is 0.276 e. The summed E-state index contributed by atoms with van der Waals surface area (Å²) in [6, 6.07) is 5.43. The molecule has 0 spiro atoms. The Morgan fingerprint density at radius 2 is 2.10 bits per heavy atom. The number of fused-ring (bicyclic) bond motifs is 1. The van der Waals surface area contributed by atoms with E-state index in [2.05, 4.69) is 5.10 Å². The second-order valence-electron chi connectivity index (χ2n) is 4.68. The first-order valence-electron chi connectivity index (χ1n) is 6.19. The second-order valence-corrected chi connectivity index (χ2v) is 5.97. The normalized spacial score (nSPS) is 11.1. The van der Waals surface area contributed by atoms with E-state index in [0.717, 1.165) is 10.6 Å². The highest BCUT2D eigenvalue weighted by Crippen LogP contribution is 2.16. The molecule has 0 fully saturated rings. The summed E-state index contributed by atoms with van der Waals surface area (Å²) >= 11 is 1.45. The number of aryl methyl sites for hydroxylation is 2. The molecule has 3 rings (SSSR count). The topological polar surface area (TPSA) is 56.4 Å². The molecule has 0 bridgehead atoms. The van der Waals surface area contributed by atoms with E-state index in [1.54, 1.807) is 24.5 Å². The molecule has 0 atom stereocenters. The molecule has 0 radical (unpaired) electrons. The van der Waals surface area contributed by atoms with Gasteiger partial charge in [0.15, 0.2) is 5.78 Å². The number of ketones is 1. The van der Waals surface area contributed by atoms with E-state index in [4.69, 9.17) is 0 Å². The van der Waals surface area contributed by atoms with E-state index in [1.165, 1.54) is 20.4 Å². The van der Waals surface area contributed by atoms with Crippen LogP contribution >= 0.6 is 11.3 Å². The fourth-order valence-corrected chi connectivity index (χ4v) is 2.89. The highest BCUT2D eigenvalue weighted by atomic mass is 32.1.